The predicted octanol–water partition coefficient (Wildman–Crippen LogP) is 3.85. The minimum absolute atomic E-state index is 0.648. The first kappa shape index (κ1) is 11.1. The number of aryl methyl sites for hydroxylation is 2. The molecule has 0 amide bonds. The second-order valence-electron chi connectivity index (χ2n) is 4.86. The van der Waals surface area contributed by atoms with Gasteiger partial charge in [0.15, 0.2) is 0 Å². The average Bonchev–Trinajstić information content (AvgIpc) is 2.58. The van der Waals surface area contributed by atoms with Crippen LogP contribution in [0.3, 0.4) is 0 Å². The van der Waals surface area contributed by atoms with Crippen LogP contribution in [0, 0.1) is 6.92 Å². The maximum atomic E-state index is 5.89. The normalized spacial score (nSPS) is 16.4. The molecular weight excluding hydrogens is 232 g/mol. The molecule has 1 saturated carbocycles. The predicted molar refractivity (Wildman–Crippen MR) is 71.8 cm³/mol. The van der Waals surface area contributed by atoms with Gasteiger partial charge < -0.3 is 4.57 Å². The van der Waals surface area contributed by atoms with E-state index in [1.807, 2.05) is 0 Å². The lowest BCUT2D eigenvalue weighted by Crippen LogP contribution is -2.19. The standard InChI is InChI=1S/C14H17ClN2/c1-10-4-2-7-12-14(10)16-13(8-9-15)17(12)11-5-3-6-11/h2,4,7,11H,3,5-6,8-9H2,1H3. The zero-order valence-electron chi connectivity index (χ0n) is 10.1. The molecule has 0 radical (unpaired) electrons. The van der Waals surface area contributed by atoms with Crippen LogP contribution in [0.5, 0.6) is 0 Å². The van der Waals surface area contributed by atoms with Crippen LogP contribution in [0.25, 0.3) is 11.0 Å². The highest BCUT2D eigenvalue weighted by Gasteiger charge is 2.24. The Morgan fingerprint density at radius 2 is 2.24 bits per heavy atom. The van der Waals surface area contributed by atoms with E-state index in [0.29, 0.717) is 11.9 Å². The third-order valence-corrected chi connectivity index (χ3v) is 3.94. The number of hydrogen-bond acceptors (Lipinski definition) is 1. The van der Waals surface area contributed by atoms with E-state index >= 15 is 0 Å². The fraction of sp³-hybridized carbons (Fsp3) is 0.500. The Morgan fingerprint density at radius 3 is 2.88 bits per heavy atom. The summed E-state index contributed by atoms with van der Waals surface area (Å²) in [6.07, 6.45) is 4.78. The molecule has 0 N–H and O–H groups in total. The Balaban J connectivity index is 2.19. The molecule has 3 rings (SSSR count). The summed E-state index contributed by atoms with van der Waals surface area (Å²) >= 11 is 5.89. The molecule has 0 aliphatic heterocycles. The molecule has 0 atom stereocenters. The van der Waals surface area contributed by atoms with E-state index in [1.165, 1.54) is 30.3 Å². The molecule has 1 aliphatic rings. The van der Waals surface area contributed by atoms with Gasteiger partial charge in [0.1, 0.15) is 5.82 Å². The van der Waals surface area contributed by atoms with Crippen LogP contribution in [0.1, 0.15) is 36.7 Å². The largest absolute Gasteiger partial charge is 0.325 e. The summed E-state index contributed by atoms with van der Waals surface area (Å²) in [6, 6.07) is 7.09. The molecule has 2 nitrogen and oxygen atoms in total. The molecule has 3 heteroatoms. The summed E-state index contributed by atoms with van der Waals surface area (Å²) in [5.41, 5.74) is 3.70. The zero-order chi connectivity index (χ0) is 11.8. The zero-order valence-corrected chi connectivity index (χ0v) is 10.9. The number of rotatable bonds is 3. The highest BCUT2D eigenvalue weighted by atomic mass is 35.5. The van der Waals surface area contributed by atoms with Gasteiger partial charge in [0.25, 0.3) is 0 Å². The van der Waals surface area contributed by atoms with Crippen molar-refractivity contribution in [2.24, 2.45) is 0 Å². The highest BCUT2D eigenvalue weighted by Crippen LogP contribution is 2.36. The summed E-state index contributed by atoms with van der Waals surface area (Å²) in [5.74, 6) is 1.81. The van der Waals surface area contributed by atoms with Gasteiger partial charge in [0, 0.05) is 18.3 Å². The van der Waals surface area contributed by atoms with Gasteiger partial charge in [0.05, 0.1) is 11.0 Å². The van der Waals surface area contributed by atoms with Crippen molar-refractivity contribution in [2.75, 3.05) is 5.88 Å². The van der Waals surface area contributed by atoms with Gasteiger partial charge in [0.2, 0.25) is 0 Å². The van der Waals surface area contributed by atoms with Crippen molar-refractivity contribution in [2.45, 2.75) is 38.6 Å². The number of benzene rings is 1. The number of halogens is 1. The van der Waals surface area contributed by atoms with Crippen LogP contribution in [-0.2, 0) is 6.42 Å². The van der Waals surface area contributed by atoms with Gasteiger partial charge in [-0.15, -0.1) is 11.6 Å². The van der Waals surface area contributed by atoms with E-state index in [-0.39, 0.29) is 0 Å². The van der Waals surface area contributed by atoms with Gasteiger partial charge in [-0.25, -0.2) is 4.98 Å². The van der Waals surface area contributed by atoms with Crippen LogP contribution in [-0.4, -0.2) is 15.4 Å². The first-order valence-electron chi connectivity index (χ1n) is 6.33. The summed E-state index contributed by atoms with van der Waals surface area (Å²) in [7, 11) is 0. The number of hydrogen-bond donors (Lipinski definition) is 0. The lowest BCUT2D eigenvalue weighted by atomic mass is 9.92. The molecule has 1 aromatic carbocycles. The summed E-state index contributed by atoms with van der Waals surface area (Å²) in [4.78, 5) is 4.78. The van der Waals surface area contributed by atoms with Gasteiger partial charge in [-0.2, -0.15) is 0 Å². The molecule has 0 saturated heterocycles. The molecular formula is C14H17ClN2. The Hall–Kier alpha value is -1.02. The van der Waals surface area contributed by atoms with Crippen LogP contribution in [0.4, 0.5) is 0 Å². The average molecular weight is 249 g/mol. The summed E-state index contributed by atoms with van der Waals surface area (Å²) < 4.78 is 2.42. The van der Waals surface area contributed by atoms with Crippen LogP contribution < -0.4 is 0 Å². The van der Waals surface area contributed by atoms with Crippen molar-refractivity contribution in [1.82, 2.24) is 9.55 Å². The number of alkyl halides is 1. The second kappa shape index (κ2) is 4.34. The minimum Gasteiger partial charge on any atom is -0.325 e. The van der Waals surface area contributed by atoms with Gasteiger partial charge in [-0.3, -0.25) is 0 Å². The van der Waals surface area contributed by atoms with Crippen LogP contribution in [0.2, 0.25) is 0 Å². The first-order valence-corrected chi connectivity index (χ1v) is 6.87. The van der Waals surface area contributed by atoms with E-state index in [9.17, 15) is 0 Å². The number of fused-ring (bicyclic) bond motifs is 1. The third kappa shape index (κ3) is 1.75. The number of aromatic nitrogens is 2. The first-order chi connectivity index (χ1) is 8.31. The Labute approximate surface area is 107 Å². The number of nitrogens with zero attached hydrogens (tertiary/aromatic N) is 2. The van der Waals surface area contributed by atoms with Crippen molar-refractivity contribution < 1.29 is 0 Å². The van der Waals surface area contributed by atoms with Crippen molar-refractivity contribution in [1.29, 1.82) is 0 Å². The van der Waals surface area contributed by atoms with Crippen molar-refractivity contribution in [3.05, 3.63) is 29.6 Å². The second-order valence-corrected chi connectivity index (χ2v) is 5.24. The van der Waals surface area contributed by atoms with Crippen LogP contribution in [0.15, 0.2) is 18.2 Å². The maximum Gasteiger partial charge on any atom is 0.111 e. The van der Waals surface area contributed by atoms with Crippen LogP contribution >= 0.6 is 11.6 Å². The molecule has 1 aromatic heterocycles. The Bertz CT molecular complexity index is 540. The van der Waals surface area contributed by atoms with E-state index < -0.39 is 0 Å². The van der Waals surface area contributed by atoms with Crippen molar-refractivity contribution in [3.63, 3.8) is 0 Å². The van der Waals surface area contributed by atoms with Gasteiger partial charge in [-0.05, 0) is 37.8 Å². The minimum atomic E-state index is 0.648. The highest BCUT2D eigenvalue weighted by molar-refractivity contribution is 6.17. The molecule has 1 fully saturated rings. The van der Waals surface area contributed by atoms with E-state index in [2.05, 4.69) is 29.7 Å². The number of imidazole rings is 1. The topological polar surface area (TPSA) is 17.8 Å². The molecule has 17 heavy (non-hydrogen) atoms. The molecule has 1 heterocycles. The SMILES string of the molecule is Cc1cccc2c1nc(CCCl)n2C1CCC1. The van der Waals surface area contributed by atoms with Gasteiger partial charge >= 0.3 is 0 Å². The lowest BCUT2D eigenvalue weighted by molar-refractivity contribution is 0.314. The Kier molecular flexibility index (Phi) is 2.83. The molecule has 0 spiro atoms. The fourth-order valence-corrected chi connectivity index (χ4v) is 2.79. The lowest BCUT2D eigenvalue weighted by Gasteiger charge is -2.29. The Morgan fingerprint density at radius 1 is 1.41 bits per heavy atom. The monoisotopic (exact) mass is 248 g/mol. The number of para-hydroxylation sites is 1. The maximum absolute atomic E-state index is 5.89. The fourth-order valence-electron chi connectivity index (χ4n) is 2.62. The summed E-state index contributed by atoms with van der Waals surface area (Å²) in [5, 5.41) is 0. The smallest absolute Gasteiger partial charge is 0.111 e. The summed E-state index contributed by atoms with van der Waals surface area (Å²) in [6.45, 7) is 2.13. The molecule has 90 valence electrons. The van der Waals surface area contributed by atoms with Gasteiger partial charge in [-0.1, -0.05) is 12.1 Å². The van der Waals surface area contributed by atoms with Crippen molar-refractivity contribution >= 4 is 22.6 Å². The molecule has 0 unspecified atom stereocenters. The molecule has 0 bridgehead atoms. The molecule has 1 aliphatic carbocycles. The third-order valence-electron chi connectivity index (χ3n) is 3.75. The van der Waals surface area contributed by atoms with E-state index in [0.717, 1.165) is 17.8 Å². The quantitative estimate of drug-likeness (QED) is 0.755. The van der Waals surface area contributed by atoms with E-state index in [4.69, 9.17) is 16.6 Å². The van der Waals surface area contributed by atoms with Crippen molar-refractivity contribution in [3.8, 4) is 0 Å². The van der Waals surface area contributed by atoms with E-state index in [1.54, 1.807) is 0 Å². The molecule has 2 aromatic rings.